The van der Waals surface area contributed by atoms with Crippen LogP contribution in [-0.2, 0) is 5.54 Å². The van der Waals surface area contributed by atoms with E-state index in [9.17, 15) is 13.2 Å². The van der Waals surface area contributed by atoms with Crippen LogP contribution >= 0.6 is 0 Å². The second kappa shape index (κ2) is 4.24. The van der Waals surface area contributed by atoms with Gasteiger partial charge in [0.15, 0.2) is 5.54 Å². The number of hydrogen-bond acceptors (Lipinski definition) is 2. The van der Waals surface area contributed by atoms with Gasteiger partial charge in [0.2, 0.25) is 0 Å². The molecule has 0 bridgehead atoms. The van der Waals surface area contributed by atoms with E-state index in [1.54, 1.807) is 36.4 Å². The third-order valence-electron chi connectivity index (χ3n) is 3.60. The molecule has 1 N–H and O–H groups in total. The molecule has 1 aliphatic heterocycles. The molecule has 0 spiro atoms. The zero-order chi connectivity index (χ0) is 14.4. The number of fused-ring (bicyclic) bond motifs is 2. The van der Waals surface area contributed by atoms with Crippen molar-refractivity contribution in [1.29, 1.82) is 0 Å². The number of hydrogen-bond donors (Lipinski definition) is 1. The zero-order valence-corrected chi connectivity index (χ0v) is 10.7. The summed E-state index contributed by atoms with van der Waals surface area (Å²) in [4.78, 5) is 0. The van der Waals surface area contributed by atoms with Gasteiger partial charge in [-0.3, -0.25) is 5.32 Å². The van der Waals surface area contributed by atoms with Gasteiger partial charge in [0.1, 0.15) is 11.5 Å². The molecule has 0 fully saturated rings. The number of alkyl halides is 3. The average molecular weight is 279 g/mol. The zero-order valence-electron chi connectivity index (χ0n) is 10.7. The minimum Gasteiger partial charge on any atom is -0.457 e. The molecule has 1 aliphatic rings. The van der Waals surface area contributed by atoms with Crippen molar-refractivity contribution < 1.29 is 17.9 Å². The molecule has 5 heteroatoms. The van der Waals surface area contributed by atoms with E-state index in [-0.39, 0.29) is 22.6 Å². The summed E-state index contributed by atoms with van der Waals surface area (Å²) in [6.45, 7) is 0. The first-order chi connectivity index (χ1) is 9.50. The van der Waals surface area contributed by atoms with Gasteiger partial charge in [-0.1, -0.05) is 36.4 Å². The van der Waals surface area contributed by atoms with Crippen LogP contribution < -0.4 is 10.1 Å². The van der Waals surface area contributed by atoms with E-state index in [0.717, 1.165) is 0 Å². The van der Waals surface area contributed by atoms with E-state index in [4.69, 9.17) is 4.74 Å². The summed E-state index contributed by atoms with van der Waals surface area (Å²) in [7, 11) is 1.31. The summed E-state index contributed by atoms with van der Waals surface area (Å²) >= 11 is 0. The van der Waals surface area contributed by atoms with Gasteiger partial charge in [-0.25, -0.2) is 0 Å². The van der Waals surface area contributed by atoms with E-state index in [2.05, 4.69) is 5.32 Å². The molecular weight excluding hydrogens is 267 g/mol. The summed E-state index contributed by atoms with van der Waals surface area (Å²) in [6, 6.07) is 12.4. The highest BCUT2D eigenvalue weighted by Gasteiger charge is 2.60. The molecule has 0 atom stereocenters. The van der Waals surface area contributed by atoms with Gasteiger partial charge in [0.25, 0.3) is 0 Å². The van der Waals surface area contributed by atoms with Gasteiger partial charge in [-0.05, 0) is 19.2 Å². The van der Waals surface area contributed by atoms with Crippen molar-refractivity contribution >= 4 is 0 Å². The standard InChI is InChI=1S/C15H12F3NO/c1-19-14(15(16,17)18)10-6-2-4-8-12(10)20-13-9-5-3-7-11(13)14/h2-9,19H,1H3. The van der Waals surface area contributed by atoms with Crippen molar-refractivity contribution in [2.24, 2.45) is 0 Å². The maximum Gasteiger partial charge on any atom is 0.415 e. The number of para-hydroxylation sites is 2. The van der Waals surface area contributed by atoms with E-state index in [1.807, 2.05) is 0 Å². The van der Waals surface area contributed by atoms with Gasteiger partial charge in [-0.15, -0.1) is 0 Å². The predicted molar refractivity (Wildman–Crippen MR) is 68.9 cm³/mol. The second-order valence-corrected chi connectivity index (χ2v) is 4.59. The molecule has 2 aromatic rings. The van der Waals surface area contributed by atoms with E-state index >= 15 is 0 Å². The Labute approximate surface area is 114 Å². The van der Waals surface area contributed by atoms with Crippen LogP contribution in [0.2, 0.25) is 0 Å². The quantitative estimate of drug-likeness (QED) is 0.857. The smallest absolute Gasteiger partial charge is 0.415 e. The molecule has 0 amide bonds. The molecule has 0 saturated heterocycles. The van der Waals surface area contributed by atoms with Crippen LogP contribution in [0.15, 0.2) is 48.5 Å². The fourth-order valence-corrected chi connectivity index (χ4v) is 2.71. The van der Waals surface area contributed by atoms with Crippen LogP contribution in [0.3, 0.4) is 0 Å². The van der Waals surface area contributed by atoms with Crippen LogP contribution in [0.1, 0.15) is 11.1 Å². The highest BCUT2D eigenvalue weighted by atomic mass is 19.4. The molecule has 0 unspecified atom stereocenters. The van der Waals surface area contributed by atoms with Gasteiger partial charge in [0, 0.05) is 11.1 Å². The summed E-state index contributed by atoms with van der Waals surface area (Å²) in [5.41, 5.74) is -2.10. The lowest BCUT2D eigenvalue weighted by molar-refractivity contribution is -0.187. The van der Waals surface area contributed by atoms with E-state index in [1.165, 1.54) is 19.2 Å². The maximum atomic E-state index is 13.8. The first-order valence-electron chi connectivity index (χ1n) is 6.13. The summed E-state index contributed by atoms with van der Waals surface area (Å²) in [6.07, 6.45) is -4.49. The molecular formula is C15H12F3NO. The van der Waals surface area contributed by atoms with Crippen LogP contribution in [0, 0.1) is 0 Å². The fraction of sp³-hybridized carbons (Fsp3) is 0.200. The van der Waals surface area contributed by atoms with Crippen LogP contribution in [0.5, 0.6) is 11.5 Å². The highest BCUT2D eigenvalue weighted by molar-refractivity contribution is 5.58. The lowest BCUT2D eigenvalue weighted by Gasteiger charge is -2.41. The Morgan fingerprint density at radius 3 is 1.75 bits per heavy atom. The topological polar surface area (TPSA) is 21.3 Å². The number of rotatable bonds is 1. The Hall–Kier alpha value is -2.01. The average Bonchev–Trinajstić information content (AvgIpc) is 2.43. The van der Waals surface area contributed by atoms with Gasteiger partial charge < -0.3 is 4.74 Å². The van der Waals surface area contributed by atoms with Crippen molar-refractivity contribution in [3.8, 4) is 11.5 Å². The molecule has 0 aromatic heterocycles. The van der Waals surface area contributed by atoms with Gasteiger partial charge in [-0.2, -0.15) is 13.2 Å². The predicted octanol–water partition coefficient (Wildman–Crippen LogP) is 3.82. The van der Waals surface area contributed by atoms with Crippen LogP contribution in [-0.4, -0.2) is 13.2 Å². The Balaban J connectivity index is 2.38. The van der Waals surface area contributed by atoms with Gasteiger partial charge in [0.05, 0.1) is 0 Å². The van der Waals surface area contributed by atoms with Crippen LogP contribution in [0.25, 0.3) is 0 Å². The number of benzene rings is 2. The minimum atomic E-state index is -4.49. The first-order valence-corrected chi connectivity index (χ1v) is 6.13. The fourth-order valence-electron chi connectivity index (χ4n) is 2.71. The largest absolute Gasteiger partial charge is 0.457 e. The summed E-state index contributed by atoms with van der Waals surface area (Å²) < 4.78 is 47.1. The molecule has 2 nitrogen and oxygen atoms in total. The second-order valence-electron chi connectivity index (χ2n) is 4.59. The highest BCUT2D eigenvalue weighted by Crippen LogP contribution is 2.53. The molecule has 3 rings (SSSR count). The van der Waals surface area contributed by atoms with Crippen LogP contribution in [0.4, 0.5) is 13.2 Å². The maximum absolute atomic E-state index is 13.8. The molecule has 1 heterocycles. The third-order valence-corrected chi connectivity index (χ3v) is 3.60. The molecule has 0 aliphatic carbocycles. The summed E-state index contributed by atoms with van der Waals surface area (Å²) in [5.74, 6) is 0.441. The van der Waals surface area contributed by atoms with Crippen molar-refractivity contribution in [3.63, 3.8) is 0 Å². The van der Waals surface area contributed by atoms with Gasteiger partial charge >= 0.3 is 6.18 Å². The Kier molecular flexibility index (Phi) is 2.76. The lowest BCUT2D eigenvalue weighted by atomic mass is 9.79. The Bertz CT molecular complexity index is 606. The third kappa shape index (κ3) is 1.56. The molecule has 0 radical (unpaired) electrons. The van der Waals surface area contributed by atoms with Crippen molar-refractivity contribution in [1.82, 2.24) is 5.32 Å². The van der Waals surface area contributed by atoms with E-state index < -0.39 is 11.7 Å². The van der Waals surface area contributed by atoms with Crippen molar-refractivity contribution in [3.05, 3.63) is 59.7 Å². The van der Waals surface area contributed by atoms with E-state index in [0.29, 0.717) is 0 Å². The molecule has 20 heavy (non-hydrogen) atoms. The normalized spacial score (nSPS) is 16.0. The molecule has 2 aromatic carbocycles. The van der Waals surface area contributed by atoms with Crippen molar-refractivity contribution in [2.75, 3.05) is 7.05 Å². The minimum absolute atomic E-state index is 0.0775. The molecule has 0 saturated carbocycles. The molecule has 104 valence electrons. The van der Waals surface area contributed by atoms with Crippen molar-refractivity contribution in [2.45, 2.75) is 11.7 Å². The number of ether oxygens (including phenoxy) is 1. The summed E-state index contributed by atoms with van der Waals surface area (Å²) in [5, 5.41) is 2.46. The SMILES string of the molecule is CNC1(C(F)(F)F)c2ccccc2Oc2ccccc21. The number of halogens is 3. The monoisotopic (exact) mass is 279 g/mol. The lowest BCUT2D eigenvalue weighted by Crippen LogP contribution is -2.54. The number of nitrogens with one attached hydrogen (secondary N) is 1. The first kappa shape index (κ1) is 13.0. The Morgan fingerprint density at radius 1 is 0.900 bits per heavy atom. The Morgan fingerprint density at radius 2 is 1.35 bits per heavy atom.